The third-order valence-corrected chi connectivity index (χ3v) is 4.42. The van der Waals surface area contributed by atoms with Crippen LogP contribution in [0.1, 0.15) is 18.2 Å². The zero-order valence-electron chi connectivity index (χ0n) is 11.4. The number of rotatable bonds is 2. The van der Waals surface area contributed by atoms with Crippen molar-refractivity contribution < 1.29 is 5.11 Å². The van der Waals surface area contributed by atoms with Crippen LogP contribution in [-0.4, -0.2) is 40.8 Å². The Morgan fingerprint density at radius 2 is 2.26 bits per heavy atom. The van der Waals surface area contributed by atoms with Crippen molar-refractivity contribution in [2.45, 2.75) is 25.9 Å². The predicted octanol–water partition coefficient (Wildman–Crippen LogP) is 2.00. The van der Waals surface area contributed by atoms with Gasteiger partial charge in [-0.2, -0.15) is 4.98 Å². The van der Waals surface area contributed by atoms with Gasteiger partial charge in [-0.1, -0.05) is 0 Å². The van der Waals surface area contributed by atoms with Crippen LogP contribution in [0, 0.1) is 6.92 Å². The molecule has 0 spiro atoms. The van der Waals surface area contributed by atoms with Gasteiger partial charge in [0, 0.05) is 25.0 Å². The van der Waals surface area contributed by atoms with Gasteiger partial charge in [-0.05, 0) is 26.3 Å². The molecule has 1 saturated heterocycles. The van der Waals surface area contributed by atoms with Crippen LogP contribution in [0.2, 0.25) is 0 Å². The Morgan fingerprint density at radius 3 is 2.89 bits per heavy atom. The summed E-state index contributed by atoms with van der Waals surface area (Å²) in [5.41, 5.74) is -0.623. The van der Waals surface area contributed by atoms with Crippen LogP contribution in [0.3, 0.4) is 0 Å². The summed E-state index contributed by atoms with van der Waals surface area (Å²) in [5, 5.41) is 14.2. The Kier molecular flexibility index (Phi) is 2.87. The molecule has 1 atom stereocenters. The normalized spacial score (nSPS) is 23.3. The molecule has 1 aliphatic heterocycles. The Bertz CT molecular complexity index is 622. The summed E-state index contributed by atoms with van der Waals surface area (Å²) in [6.45, 7) is 5.41. The second kappa shape index (κ2) is 4.31. The average molecular weight is 278 g/mol. The molecule has 102 valence electrons. The number of aliphatic hydroxyl groups is 1. The van der Waals surface area contributed by atoms with Gasteiger partial charge in [0.15, 0.2) is 0 Å². The maximum atomic E-state index is 10.1. The molecule has 1 fully saturated rings. The van der Waals surface area contributed by atoms with Gasteiger partial charge in [-0.15, -0.1) is 11.3 Å². The molecular weight excluding hydrogens is 260 g/mol. The first-order chi connectivity index (χ1) is 8.98. The van der Waals surface area contributed by atoms with E-state index in [9.17, 15) is 5.11 Å². The van der Waals surface area contributed by atoms with Gasteiger partial charge in [0.25, 0.3) is 0 Å². The molecular formula is C13H18N4OS. The molecule has 2 aromatic rings. The number of thiophene rings is 1. The summed E-state index contributed by atoms with van der Waals surface area (Å²) in [6.07, 6.45) is 0.774. The highest BCUT2D eigenvalue weighted by Crippen LogP contribution is 2.34. The van der Waals surface area contributed by atoms with Crippen LogP contribution in [0.5, 0.6) is 0 Å². The molecule has 1 aliphatic rings. The average Bonchev–Trinajstić information content (AvgIpc) is 2.89. The maximum Gasteiger partial charge on any atom is 0.225 e. The van der Waals surface area contributed by atoms with Crippen LogP contribution in [0.15, 0.2) is 6.07 Å². The fourth-order valence-electron chi connectivity index (χ4n) is 2.51. The molecule has 2 N–H and O–H groups in total. The molecule has 5 nitrogen and oxygen atoms in total. The maximum absolute atomic E-state index is 10.1. The van der Waals surface area contributed by atoms with Gasteiger partial charge in [0.1, 0.15) is 10.6 Å². The van der Waals surface area contributed by atoms with E-state index >= 15 is 0 Å². The predicted molar refractivity (Wildman–Crippen MR) is 79.2 cm³/mol. The highest BCUT2D eigenvalue weighted by atomic mass is 32.1. The lowest BCUT2D eigenvalue weighted by Crippen LogP contribution is -2.30. The summed E-state index contributed by atoms with van der Waals surface area (Å²) in [7, 11) is 1.82. The summed E-state index contributed by atoms with van der Waals surface area (Å²) in [6, 6.07) is 2.13. The summed E-state index contributed by atoms with van der Waals surface area (Å²) in [4.78, 5) is 13.4. The summed E-state index contributed by atoms with van der Waals surface area (Å²) in [5.74, 6) is 1.56. The quantitative estimate of drug-likeness (QED) is 0.880. The summed E-state index contributed by atoms with van der Waals surface area (Å²) >= 11 is 1.67. The molecule has 2 aromatic heterocycles. The molecule has 0 bridgehead atoms. The minimum absolute atomic E-state index is 0.622. The first kappa shape index (κ1) is 12.6. The number of nitrogens with zero attached hydrogens (tertiary/aromatic N) is 3. The van der Waals surface area contributed by atoms with Crippen molar-refractivity contribution in [2.75, 3.05) is 30.4 Å². The molecule has 0 amide bonds. The number of nitrogens with one attached hydrogen (secondary N) is 1. The molecule has 0 aliphatic carbocycles. The molecule has 3 rings (SSSR count). The molecule has 19 heavy (non-hydrogen) atoms. The van der Waals surface area contributed by atoms with Gasteiger partial charge >= 0.3 is 0 Å². The number of aromatic nitrogens is 2. The third-order valence-electron chi connectivity index (χ3n) is 3.47. The van der Waals surface area contributed by atoms with Gasteiger partial charge in [-0.3, -0.25) is 0 Å². The van der Waals surface area contributed by atoms with Crippen molar-refractivity contribution in [3.8, 4) is 0 Å². The lowest BCUT2D eigenvalue weighted by Gasteiger charge is -2.20. The second-order valence-electron chi connectivity index (χ2n) is 5.37. The van der Waals surface area contributed by atoms with Crippen molar-refractivity contribution in [1.29, 1.82) is 0 Å². The first-order valence-electron chi connectivity index (χ1n) is 6.42. The van der Waals surface area contributed by atoms with Gasteiger partial charge in [-0.25, -0.2) is 4.98 Å². The number of aryl methyl sites for hydroxylation is 1. The fourth-order valence-corrected chi connectivity index (χ4v) is 3.38. The Hall–Kier alpha value is -1.40. The number of fused-ring (bicyclic) bond motifs is 1. The van der Waals surface area contributed by atoms with Crippen LogP contribution >= 0.6 is 11.3 Å². The van der Waals surface area contributed by atoms with E-state index in [4.69, 9.17) is 0 Å². The molecule has 1 unspecified atom stereocenters. The van der Waals surface area contributed by atoms with Crippen molar-refractivity contribution in [2.24, 2.45) is 0 Å². The van der Waals surface area contributed by atoms with E-state index in [2.05, 4.69) is 33.2 Å². The monoisotopic (exact) mass is 278 g/mol. The standard InChI is InChI=1S/C13H18N4OS/c1-8-6-9-10(17-5-4-13(2,18)7-17)15-12(14-3)16-11(9)19-8/h6,18H,4-5,7H2,1-3H3,(H,14,15,16). The highest BCUT2D eigenvalue weighted by Gasteiger charge is 2.33. The smallest absolute Gasteiger partial charge is 0.225 e. The fraction of sp³-hybridized carbons (Fsp3) is 0.538. The van der Waals surface area contributed by atoms with Crippen LogP contribution < -0.4 is 10.2 Å². The van der Waals surface area contributed by atoms with Gasteiger partial charge in [0.05, 0.1) is 11.0 Å². The zero-order valence-corrected chi connectivity index (χ0v) is 12.2. The number of hydrogen-bond acceptors (Lipinski definition) is 6. The highest BCUT2D eigenvalue weighted by molar-refractivity contribution is 7.18. The SMILES string of the molecule is CNc1nc(N2CCC(C)(O)C2)c2cc(C)sc2n1. The van der Waals surface area contributed by atoms with Crippen molar-refractivity contribution in [3.63, 3.8) is 0 Å². The largest absolute Gasteiger partial charge is 0.388 e. The van der Waals surface area contributed by atoms with Gasteiger partial charge < -0.3 is 15.3 Å². The van der Waals surface area contributed by atoms with Crippen LogP contribution in [0.25, 0.3) is 10.2 Å². The van der Waals surface area contributed by atoms with Crippen molar-refractivity contribution in [3.05, 3.63) is 10.9 Å². The number of anilines is 2. The van der Waals surface area contributed by atoms with Crippen LogP contribution in [-0.2, 0) is 0 Å². The van der Waals surface area contributed by atoms with E-state index in [1.54, 1.807) is 11.3 Å². The lowest BCUT2D eigenvalue weighted by atomic mass is 10.1. The molecule has 0 saturated carbocycles. The Balaban J connectivity index is 2.11. The number of β-amino-alcohol motifs (C(OH)–C–C–N with tert-alkyl or cyclic N) is 1. The van der Waals surface area contributed by atoms with Crippen molar-refractivity contribution >= 4 is 33.3 Å². The Labute approximate surface area is 116 Å². The Morgan fingerprint density at radius 1 is 1.47 bits per heavy atom. The second-order valence-corrected chi connectivity index (χ2v) is 6.60. The minimum atomic E-state index is -0.623. The molecule has 6 heteroatoms. The van der Waals surface area contributed by atoms with Crippen molar-refractivity contribution in [1.82, 2.24) is 9.97 Å². The minimum Gasteiger partial charge on any atom is -0.388 e. The van der Waals surface area contributed by atoms with Crippen LogP contribution in [0.4, 0.5) is 11.8 Å². The lowest BCUT2D eigenvalue weighted by molar-refractivity contribution is 0.0839. The third kappa shape index (κ3) is 2.26. The molecule has 3 heterocycles. The summed E-state index contributed by atoms with van der Waals surface area (Å²) < 4.78 is 0. The van der Waals surface area contributed by atoms with E-state index < -0.39 is 5.60 Å². The van der Waals surface area contributed by atoms with E-state index in [1.807, 2.05) is 14.0 Å². The van der Waals surface area contributed by atoms with E-state index in [0.29, 0.717) is 12.5 Å². The van der Waals surface area contributed by atoms with E-state index in [-0.39, 0.29) is 0 Å². The number of hydrogen-bond donors (Lipinski definition) is 2. The van der Waals surface area contributed by atoms with E-state index in [1.165, 1.54) is 4.88 Å². The van der Waals surface area contributed by atoms with E-state index in [0.717, 1.165) is 29.0 Å². The zero-order chi connectivity index (χ0) is 13.6. The van der Waals surface area contributed by atoms with Gasteiger partial charge in [0.2, 0.25) is 5.95 Å². The topological polar surface area (TPSA) is 61.3 Å². The molecule has 0 radical (unpaired) electrons. The first-order valence-corrected chi connectivity index (χ1v) is 7.23. The molecule has 0 aromatic carbocycles.